The highest BCUT2D eigenvalue weighted by Crippen LogP contribution is 2.33. The Labute approximate surface area is 112 Å². The van der Waals surface area contributed by atoms with Crippen LogP contribution in [0.2, 0.25) is 5.02 Å². The molecule has 0 aliphatic carbocycles. The lowest BCUT2D eigenvalue weighted by atomic mass is 10.1. The molecular formula is C11H14Cl2O3S. The van der Waals surface area contributed by atoms with Crippen LogP contribution in [0.5, 0.6) is 5.75 Å². The van der Waals surface area contributed by atoms with E-state index < -0.39 is 20.5 Å². The number of hydrogen-bond donors (Lipinski definition) is 0. The smallest absolute Gasteiger partial charge is 0.151 e. The highest BCUT2D eigenvalue weighted by atomic mass is 35.5. The fraction of sp³-hybridized carbons (Fsp3) is 0.455. The lowest BCUT2D eigenvalue weighted by molar-refractivity contribution is 0.415. The summed E-state index contributed by atoms with van der Waals surface area (Å²) in [7, 11) is -1.67. The third kappa shape index (κ3) is 3.50. The van der Waals surface area contributed by atoms with Crippen LogP contribution >= 0.6 is 23.2 Å². The van der Waals surface area contributed by atoms with Crippen LogP contribution in [0.4, 0.5) is 0 Å². The van der Waals surface area contributed by atoms with E-state index >= 15 is 0 Å². The normalized spacial score (nSPS) is 15.4. The monoisotopic (exact) mass is 296 g/mol. The quantitative estimate of drug-likeness (QED) is 0.802. The third-order valence-corrected chi connectivity index (χ3v) is 5.28. The van der Waals surface area contributed by atoms with Crippen LogP contribution in [-0.4, -0.2) is 27.0 Å². The summed E-state index contributed by atoms with van der Waals surface area (Å²) >= 11 is 12.1. The fourth-order valence-corrected chi connectivity index (χ4v) is 2.90. The van der Waals surface area contributed by atoms with Crippen molar-refractivity contribution < 1.29 is 13.2 Å². The SMILES string of the molecule is COc1ccc(C(Cl)C(C)S(C)(=O)=O)cc1Cl. The molecule has 0 fully saturated rings. The van der Waals surface area contributed by atoms with Crippen molar-refractivity contribution in [3.63, 3.8) is 0 Å². The summed E-state index contributed by atoms with van der Waals surface area (Å²) in [5.41, 5.74) is 0.662. The van der Waals surface area contributed by atoms with Crippen molar-refractivity contribution in [1.29, 1.82) is 0 Å². The van der Waals surface area contributed by atoms with Gasteiger partial charge in [-0.1, -0.05) is 17.7 Å². The Hall–Kier alpha value is -0.450. The van der Waals surface area contributed by atoms with E-state index in [4.69, 9.17) is 27.9 Å². The average Bonchev–Trinajstić information content (AvgIpc) is 2.25. The minimum atomic E-state index is -3.19. The zero-order valence-corrected chi connectivity index (χ0v) is 12.1. The molecule has 0 saturated heterocycles. The first-order valence-electron chi connectivity index (χ1n) is 4.93. The van der Waals surface area contributed by atoms with Gasteiger partial charge in [-0.05, 0) is 24.6 Å². The molecule has 0 bridgehead atoms. The Morgan fingerprint density at radius 3 is 2.35 bits per heavy atom. The molecule has 2 atom stereocenters. The Morgan fingerprint density at radius 2 is 1.94 bits per heavy atom. The van der Waals surface area contributed by atoms with Gasteiger partial charge < -0.3 is 4.74 Å². The van der Waals surface area contributed by atoms with Gasteiger partial charge in [0, 0.05) is 6.26 Å². The second-order valence-corrected chi connectivity index (χ2v) is 7.11. The number of halogens is 2. The lowest BCUT2D eigenvalue weighted by Gasteiger charge is -2.17. The van der Waals surface area contributed by atoms with Crippen LogP contribution in [-0.2, 0) is 9.84 Å². The summed E-state index contributed by atoms with van der Waals surface area (Å²) in [6, 6.07) is 5.01. The van der Waals surface area contributed by atoms with E-state index in [0.29, 0.717) is 16.3 Å². The molecule has 0 aliphatic heterocycles. The fourth-order valence-electron chi connectivity index (χ4n) is 1.34. The molecule has 96 valence electrons. The predicted molar refractivity (Wildman–Crippen MR) is 70.9 cm³/mol. The van der Waals surface area contributed by atoms with Gasteiger partial charge in [0.1, 0.15) is 5.75 Å². The number of benzene rings is 1. The molecule has 0 aromatic heterocycles. The standard InChI is InChI=1S/C11H14Cl2O3S/c1-7(17(3,14)15)11(13)8-4-5-10(16-2)9(12)6-8/h4-7,11H,1-3H3. The molecule has 0 aliphatic rings. The first-order chi connectivity index (χ1) is 7.77. The lowest BCUT2D eigenvalue weighted by Crippen LogP contribution is -2.21. The molecule has 0 heterocycles. The van der Waals surface area contributed by atoms with E-state index in [1.807, 2.05) is 0 Å². The number of alkyl halides is 1. The topological polar surface area (TPSA) is 43.4 Å². The van der Waals surface area contributed by atoms with E-state index in [-0.39, 0.29) is 0 Å². The summed E-state index contributed by atoms with van der Waals surface area (Å²) in [5.74, 6) is 0.534. The number of methoxy groups -OCH3 is 1. The zero-order valence-electron chi connectivity index (χ0n) is 9.78. The molecule has 1 aromatic carbocycles. The molecule has 0 amide bonds. The Morgan fingerprint density at radius 1 is 1.35 bits per heavy atom. The van der Waals surface area contributed by atoms with Gasteiger partial charge in [0.25, 0.3) is 0 Å². The maximum Gasteiger partial charge on any atom is 0.151 e. The molecule has 1 rings (SSSR count). The van der Waals surface area contributed by atoms with Crippen LogP contribution in [0, 0.1) is 0 Å². The van der Waals surface area contributed by atoms with Crippen molar-refractivity contribution in [3.05, 3.63) is 28.8 Å². The van der Waals surface area contributed by atoms with E-state index in [1.54, 1.807) is 25.1 Å². The summed E-state index contributed by atoms with van der Waals surface area (Å²) < 4.78 is 27.8. The summed E-state index contributed by atoms with van der Waals surface area (Å²) in [6.45, 7) is 1.57. The summed E-state index contributed by atoms with van der Waals surface area (Å²) in [6.07, 6.45) is 1.16. The minimum Gasteiger partial charge on any atom is -0.495 e. The van der Waals surface area contributed by atoms with Crippen LogP contribution in [0.15, 0.2) is 18.2 Å². The molecule has 6 heteroatoms. The van der Waals surface area contributed by atoms with Crippen molar-refractivity contribution in [2.45, 2.75) is 17.6 Å². The van der Waals surface area contributed by atoms with Crippen molar-refractivity contribution in [2.75, 3.05) is 13.4 Å². The van der Waals surface area contributed by atoms with Crippen LogP contribution in [0.1, 0.15) is 17.9 Å². The molecule has 0 saturated carbocycles. The van der Waals surface area contributed by atoms with Gasteiger partial charge in [0.2, 0.25) is 0 Å². The van der Waals surface area contributed by atoms with E-state index in [9.17, 15) is 8.42 Å². The number of hydrogen-bond acceptors (Lipinski definition) is 3. The molecule has 1 aromatic rings. The Bertz CT molecular complexity index is 499. The van der Waals surface area contributed by atoms with Gasteiger partial charge in [-0.3, -0.25) is 0 Å². The molecule has 0 spiro atoms. The Balaban J connectivity index is 3.05. The Kier molecular flexibility index (Phi) is 4.69. The van der Waals surface area contributed by atoms with Gasteiger partial charge in [-0.15, -0.1) is 11.6 Å². The van der Waals surface area contributed by atoms with E-state index in [1.165, 1.54) is 7.11 Å². The maximum atomic E-state index is 11.4. The molecule has 17 heavy (non-hydrogen) atoms. The number of sulfone groups is 1. The van der Waals surface area contributed by atoms with Crippen LogP contribution in [0.25, 0.3) is 0 Å². The molecule has 2 unspecified atom stereocenters. The number of ether oxygens (including phenoxy) is 1. The van der Waals surface area contributed by atoms with Gasteiger partial charge in [-0.25, -0.2) is 8.42 Å². The molecule has 0 radical (unpaired) electrons. The van der Waals surface area contributed by atoms with Gasteiger partial charge in [0.05, 0.1) is 22.8 Å². The van der Waals surface area contributed by atoms with Crippen molar-refractivity contribution in [2.24, 2.45) is 0 Å². The number of rotatable bonds is 4. The molecule has 3 nitrogen and oxygen atoms in total. The minimum absolute atomic E-state index is 0.413. The zero-order chi connectivity index (χ0) is 13.2. The highest BCUT2D eigenvalue weighted by molar-refractivity contribution is 7.91. The van der Waals surface area contributed by atoms with Crippen molar-refractivity contribution in [3.8, 4) is 5.75 Å². The summed E-state index contributed by atoms with van der Waals surface area (Å²) in [4.78, 5) is 0. The third-order valence-electron chi connectivity index (χ3n) is 2.58. The van der Waals surface area contributed by atoms with Crippen LogP contribution in [0.3, 0.4) is 0 Å². The van der Waals surface area contributed by atoms with Gasteiger partial charge in [-0.2, -0.15) is 0 Å². The maximum absolute atomic E-state index is 11.4. The first kappa shape index (κ1) is 14.6. The molecular weight excluding hydrogens is 283 g/mol. The van der Waals surface area contributed by atoms with E-state index in [2.05, 4.69) is 0 Å². The van der Waals surface area contributed by atoms with Crippen molar-refractivity contribution in [1.82, 2.24) is 0 Å². The molecule has 0 N–H and O–H groups in total. The average molecular weight is 297 g/mol. The highest BCUT2D eigenvalue weighted by Gasteiger charge is 2.25. The van der Waals surface area contributed by atoms with Crippen LogP contribution < -0.4 is 4.74 Å². The van der Waals surface area contributed by atoms with Gasteiger partial charge in [0.15, 0.2) is 9.84 Å². The predicted octanol–water partition coefficient (Wildman–Crippen LogP) is 3.06. The first-order valence-corrected chi connectivity index (χ1v) is 7.70. The largest absolute Gasteiger partial charge is 0.495 e. The van der Waals surface area contributed by atoms with Gasteiger partial charge >= 0.3 is 0 Å². The second kappa shape index (κ2) is 5.46. The second-order valence-electron chi connectivity index (χ2n) is 3.83. The summed E-state index contributed by atoms with van der Waals surface area (Å²) in [5, 5.41) is -0.890. The van der Waals surface area contributed by atoms with Crippen molar-refractivity contribution >= 4 is 33.0 Å². The van der Waals surface area contributed by atoms with E-state index in [0.717, 1.165) is 6.26 Å².